The van der Waals surface area contributed by atoms with Crippen molar-refractivity contribution in [3.63, 3.8) is 0 Å². The minimum absolute atomic E-state index is 0.236. The molecule has 13 heavy (non-hydrogen) atoms. The predicted molar refractivity (Wildman–Crippen MR) is 47.8 cm³/mol. The molecule has 0 aromatic carbocycles. The smallest absolute Gasteiger partial charge is 0.333 e. The van der Waals surface area contributed by atoms with Crippen LogP contribution >= 0.6 is 7.60 Å². The van der Waals surface area contributed by atoms with E-state index in [4.69, 9.17) is 5.11 Å². The van der Waals surface area contributed by atoms with E-state index in [9.17, 15) is 14.3 Å². The molecule has 0 aromatic heterocycles. The van der Waals surface area contributed by atoms with Crippen LogP contribution in [0.4, 0.5) is 0 Å². The molecule has 1 unspecified atom stereocenters. The highest BCUT2D eigenvalue weighted by Gasteiger charge is 2.36. The fourth-order valence-corrected chi connectivity index (χ4v) is 1.18. The first-order chi connectivity index (χ1) is 5.67. The first-order valence-electron chi connectivity index (χ1n) is 3.86. The Morgan fingerprint density at radius 3 is 2.23 bits per heavy atom. The van der Waals surface area contributed by atoms with E-state index in [0.717, 1.165) is 0 Å². The Balaban J connectivity index is 4.06. The van der Waals surface area contributed by atoms with Crippen LogP contribution < -0.4 is 0 Å². The van der Waals surface area contributed by atoms with E-state index in [1.807, 2.05) is 0 Å². The molecular weight excluding hydrogens is 195 g/mol. The molecule has 0 radical (unpaired) electrons. The second-order valence-corrected chi connectivity index (χ2v) is 6.31. The van der Waals surface area contributed by atoms with Gasteiger partial charge in [0, 0.05) is 0 Å². The summed E-state index contributed by atoms with van der Waals surface area (Å²) < 4.78 is 16.0. The lowest BCUT2D eigenvalue weighted by atomic mass is 10.3. The van der Waals surface area contributed by atoms with Gasteiger partial charge in [0.05, 0.1) is 18.2 Å². The van der Waals surface area contributed by atoms with Gasteiger partial charge in [0.2, 0.25) is 0 Å². The maximum absolute atomic E-state index is 11.4. The molecule has 2 N–H and O–H groups in total. The van der Waals surface area contributed by atoms with Crippen LogP contribution in [0.1, 0.15) is 27.2 Å². The standard InChI is InChI=1S/C7H15O5P/c1-7(2,3)13(10,11)12-5-4-6(8)9/h4-5H2,1-3H3,(H,8,9)(H,10,11). The highest BCUT2D eigenvalue weighted by molar-refractivity contribution is 7.54. The Labute approximate surface area is 77.3 Å². The van der Waals surface area contributed by atoms with Crippen molar-refractivity contribution >= 4 is 13.6 Å². The molecular formula is C7H15O5P. The topological polar surface area (TPSA) is 83.8 Å². The number of carbonyl (C=O) groups is 1. The molecule has 0 rings (SSSR count). The minimum Gasteiger partial charge on any atom is -0.481 e. The Kier molecular flexibility index (Phi) is 4.10. The van der Waals surface area contributed by atoms with Crippen molar-refractivity contribution in [2.45, 2.75) is 32.3 Å². The third kappa shape index (κ3) is 4.41. The molecule has 0 saturated carbocycles. The molecule has 0 heterocycles. The Bertz CT molecular complexity index is 230. The SMILES string of the molecule is CC(C)(C)P(=O)(O)OCCC(=O)O. The average molecular weight is 210 g/mol. The Hall–Kier alpha value is -0.380. The lowest BCUT2D eigenvalue weighted by Gasteiger charge is -2.24. The summed E-state index contributed by atoms with van der Waals surface area (Å²) in [4.78, 5) is 19.4. The quantitative estimate of drug-likeness (QED) is 0.686. The van der Waals surface area contributed by atoms with Gasteiger partial charge in [-0.1, -0.05) is 0 Å². The van der Waals surface area contributed by atoms with Crippen LogP contribution in [0, 0.1) is 0 Å². The van der Waals surface area contributed by atoms with E-state index in [0.29, 0.717) is 0 Å². The highest BCUT2D eigenvalue weighted by atomic mass is 31.2. The van der Waals surface area contributed by atoms with Gasteiger partial charge in [-0.2, -0.15) is 0 Å². The molecule has 0 aromatic rings. The van der Waals surface area contributed by atoms with E-state index >= 15 is 0 Å². The molecule has 0 aliphatic rings. The number of aliphatic carboxylic acids is 1. The van der Waals surface area contributed by atoms with Gasteiger partial charge in [0.1, 0.15) is 0 Å². The van der Waals surface area contributed by atoms with Gasteiger partial charge in [0.15, 0.2) is 0 Å². The predicted octanol–water partition coefficient (Wildman–Crippen LogP) is 1.46. The molecule has 0 spiro atoms. The fourth-order valence-electron chi connectivity index (χ4n) is 0.450. The molecule has 0 aliphatic heterocycles. The zero-order valence-electron chi connectivity index (χ0n) is 7.98. The van der Waals surface area contributed by atoms with E-state index in [1.54, 1.807) is 20.8 Å². The third-order valence-electron chi connectivity index (χ3n) is 1.43. The molecule has 0 aliphatic carbocycles. The van der Waals surface area contributed by atoms with Crippen LogP contribution in [-0.2, 0) is 13.9 Å². The summed E-state index contributed by atoms with van der Waals surface area (Å²) in [6, 6.07) is 0. The molecule has 0 bridgehead atoms. The molecule has 0 amide bonds. The summed E-state index contributed by atoms with van der Waals surface area (Å²) in [7, 11) is -3.70. The Morgan fingerprint density at radius 2 is 1.92 bits per heavy atom. The van der Waals surface area contributed by atoms with Crippen LogP contribution in [0.2, 0.25) is 0 Å². The van der Waals surface area contributed by atoms with Gasteiger partial charge < -0.3 is 14.5 Å². The Morgan fingerprint density at radius 1 is 1.46 bits per heavy atom. The zero-order valence-corrected chi connectivity index (χ0v) is 8.88. The normalized spacial score (nSPS) is 16.6. The van der Waals surface area contributed by atoms with Gasteiger partial charge in [-0.25, -0.2) is 0 Å². The van der Waals surface area contributed by atoms with E-state index in [-0.39, 0.29) is 13.0 Å². The van der Waals surface area contributed by atoms with Crippen LogP contribution in [-0.4, -0.2) is 27.7 Å². The van der Waals surface area contributed by atoms with Crippen LogP contribution in [0.25, 0.3) is 0 Å². The summed E-state index contributed by atoms with van der Waals surface area (Å²) in [6.07, 6.45) is -0.263. The molecule has 6 heteroatoms. The van der Waals surface area contributed by atoms with Crippen molar-refractivity contribution in [1.82, 2.24) is 0 Å². The second kappa shape index (κ2) is 4.22. The summed E-state index contributed by atoms with van der Waals surface area (Å²) >= 11 is 0. The van der Waals surface area contributed by atoms with Crippen LogP contribution in [0.15, 0.2) is 0 Å². The first kappa shape index (κ1) is 12.6. The van der Waals surface area contributed by atoms with Crippen molar-refractivity contribution in [2.75, 3.05) is 6.61 Å². The molecule has 0 saturated heterocycles. The molecule has 0 fully saturated rings. The minimum atomic E-state index is -3.70. The highest BCUT2D eigenvalue weighted by Crippen LogP contribution is 2.54. The summed E-state index contributed by atoms with van der Waals surface area (Å²) in [5.74, 6) is -1.05. The van der Waals surface area contributed by atoms with Crippen LogP contribution in [0.5, 0.6) is 0 Å². The van der Waals surface area contributed by atoms with Crippen molar-refractivity contribution in [2.24, 2.45) is 0 Å². The lowest BCUT2D eigenvalue weighted by Crippen LogP contribution is -2.17. The molecule has 1 atom stereocenters. The number of carboxylic acid groups (broad SMARTS) is 1. The van der Waals surface area contributed by atoms with E-state index in [2.05, 4.69) is 4.52 Å². The first-order valence-corrected chi connectivity index (χ1v) is 5.44. The van der Waals surface area contributed by atoms with Gasteiger partial charge >= 0.3 is 13.6 Å². The van der Waals surface area contributed by atoms with Crippen molar-refractivity contribution in [1.29, 1.82) is 0 Å². The summed E-state index contributed by atoms with van der Waals surface area (Å²) in [6.45, 7) is 4.46. The monoisotopic (exact) mass is 210 g/mol. The maximum Gasteiger partial charge on any atom is 0.333 e. The number of carboxylic acids is 1. The zero-order chi connectivity index (χ0) is 10.7. The van der Waals surface area contributed by atoms with E-state index in [1.165, 1.54) is 0 Å². The number of hydrogen-bond acceptors (Lipinski definition) is 3. The van der Waals surface area contributed by atoms with Gasteiger partial charge in [-0.05, 0) is 20.8 Å². The van der Waals surface area contributed by atoms with Gasteiger partial charge in [-0.3, -0.25) is 9.36 Å². The number of hydrogen-bond donors (Lipinski definition) is 2. The fraction of sp³-hybridized carbons (Fsp3) is 0.857. The van der Waals surface area contributed by atoms with Crippen molar-refractivity contribution in [3.8, 4) is 0 Å². The van der Waals surface area contributed by atoms with Gasteiger partial charge in [-0.15, -0.1) is 0 Å². The summed E-state index contributed by atoms with van der Waals surface area (Å²) in [5.41, 5.74) is 0. The van der Waals surface area contributed by atoms with Crippen LogP contribution in [0.3, 0.4) is 0 Å². The van der Waals surface area contributed by atoms with Crippen molar-refractivity contribution < 1.29 is 23.9 Å². The molecule has 78 valence electrons. The largest absolute Gasteiger partial charge is 0.481 e. The lowest BCUT2D eigenvalue weighted by molar-refractivity contribution is -0.137. The van der Waals surface area contributed by atoms with E-state index < -0.39 is 18.7 Å². The third-order valence-corrected chi connectivity index (χ3v) is 3.66. The molecule has 5 nitrogen and oxygen atoms in total. The van der Waals surface area contributed by atoms with Gasteiger partial charge in [0.25, 0.3) is 0 Å². The van der Waals surface area contributed by atoms with Crippen molar-refractivity contribution in [3.05, 3.63) is 0 Å². The average Bonchev–Trinajstić information content (AvgIpc) is 1.82. The second-order valence-electron chi connectivity index (χ2n) is 3.67. The summed E-state index contributed by atoms with van der Waals surface area (Å²) in [5, 5.41) is 7.39. The number of rotatable bonds is 4. The maximum atomic E-state index is 11.4.